The molecule has 0 aromatic carbocycles. The molecule has 100 valence electrons. The third-order valence-electron chi connectivity index (χ3n) is 3.34. The molecule has 2 heterocycles. The van der Waals surface area contributed by atoms with Crippen molar-refractivity contribution in [2.75, 3.05) is 5.43 Å². The first-order valence-corrected chi connectivity index (χ1v) is 6.57. The van der Waals surface area contributed by atoms with Crippen molar-refractivity contribution in [1.82, 2.24) is 19.5 Å². The number of hydrogen-bond acceptors (Lipinski definition) is 5. The van der Waals surface area contributed by atoms with Crippen LogP contribution in [-0.4, -0.2) is 19.5 Å². The number of nitrogen functional groups attached to an aromatic ring is 1. The number of imidazole rings is 1. The van der Waals surface area contributed by atoms with E-state index in [1.807, 2.05) is 12.4 Å². The summed E-state index contributed by atoms with van der Waals surface area (Å²) in [5.74, 6) is 7.40. The first-order valence-electron chi connectivity index (χ1n) is 6.57. The fraction of sp³-hybridized carbons (Fsp3) is 0.462. The summed E-state index contributed by atoms with van der Waals surface area (Å²) in [5.41, 5.74) is 4.61. The van der Waals surface area contributed by atoms with Crippen LogP contribution in [0.5, 0.6) is 0 Å². The highest BCUT2D eigenvalue weighted by atomic mass is 15.3. The Morgan fingerprint density at radius 1 is 1.37 bits per heavy atom. The predicted octanol–water partition coefficient (Wildman–Crippen LogP) is 2.08. The Hall–Kier alpha value is -1.95. The Kier molecular flexibility index (Phi) is 2.94. The number of aromatic nitrogens is 4. The Morgan fingerprint density at radius 3 is 2.79 bits per heavy atom. The smallest absolute Gasteiger partial charge is 0.180 e. The van der Waals surface area contributed by atoms with Gasteiger partial charge in [0, 0.05) is 23.7 Å². The van der Waals surface area contributed by atoms with Gasteiger partial charge in [0.25, 0.3) is 0 Å². The van der Waals surface area contributed by atoms with E-state index in [2.05, 4.69) is 38.8 Å². The van der Waals surface area contributed by atoms with Crippen LogP contribution in [0, 0.1) is 0 Å². The molecule has 19 heavy (non-hydrogen) atoms. The van der Waals surface area contributed by atoms with Crippen molar-refractivity contribution >= 4 is 5.82 Å². The predicted molar refractivity (Wildman–Crippen MR) is 73.4 cm³/mol. The lowest BCUT2D eigenvalue weighted by Gasteiger charge is -2.12. The van der Waals surface area contributed by atoms with Crippen LogP contribution >= 0.6 is 0 Å². The monoisotopic (exact) mass is 258 g/mol. The van der Waals surface area contributed by atoms with Crippen LogP contribution in [-0.2, 0) is 0 Å². The Morgan fingerprint density at radius 2 is 2.16 bits per heavy atom. The van der Waals surface area contributed by atoms with Gasteiger partial charge < -0.3 is 9.99 Å². The van der Waals surface area contributed by atoms with Gasteiger partial charge >= 0.3 is 0 Å². The summed E-state index contributed by atoms with van der Waals surface area (Å²) in [6.07, 6.45) is 6.00. The summed E-state index contributed by atoms with van der Waals surface area (Å²) in [4.78, 5) is 13.3. The zero-order valence-electron chi connectivity index (χ0n) is 11.2. The topological polar surface area (TPSA) is 81.7 Å². The van der Waals surface area contributed by atoms with Crippen molar-refractivity contribution in [3.63, 3.8) is 0 Å². The minimum absolute atomic E-state index is 0.319. The molecule has 0 bridgehead atoms. The molecule has 3 N–H and O–H groups in total. The molecule has 0 saturated heterocycles. The van der Waals surface area contributed by atoms with E-state index >= 15 is 0 Å². The normalized spacial score (nSPS) is 14.9. The van der Waals surface area contributed by atoms with E-state index in [9.17, 15) is 0 Å². The van der Waals surface area contributed by atoms with Gasteiger partial charge in [0.15, 0.2) is 5.82 Å². The molecule has 2 aromatic rings. The van der Waals surface area contributed by atoms with Crippen LogP contribution in [0.2, 0.25) is 0 Å². The van der Waals surface area contributed by atoms with Crippen molar-refractivity contribution < 1.29 is 0 Å². The van der Waals surface area contributed by atoms with Gasteiger partial charge in [-0.1, -0.05) is 0 Å². The third-order valence-corrected chi connectivity index (χ3v) is 3.34. The summed E-state index contributed by atoms with van der Waals surface area (Å²) in [6.45, 7) is 4.22. The van der Waals surface area contributed by atoms with Crippen molar-refractivity contribution in [2.45, 2.75) is 38.6 Å². The van der Waals surface area contributed by atoms with Crippen LogP contribution < -0.4 is 11.3 Å². The maximum atomic E-state index is 5.50. The van der Waals surface area contributed by atoms with Crippen molar-refractivity contribution in [3.05, 3.63) is 24.3 Å². The molecule has 0 atom stereocenters. The second-order valence-electron chi connectivity index (χ2n) is 5.20. The fourth-order valence-electron chi connectivity index (χ4n) is 2.13. The molecule has 1 fully saturated rings. The lowest BCUT2D eigenvalue weighted by atomic mass is 10.2. The number of hydrazine groups is 1. The zero-order chi connectivity index (χ0) is 13.4. The highest BCUT2D eigenvalue weighted by Gasteiger charge is 2.26. The number of rotatable bonds is 4. The van der Waals surface area contributed by atoms with Gasteiger partial charge in [-0.25, -0.2) is 20.8 Å². The van der Waals surface area contributed by atoms with E-state index in [-0.39, 0.29) is 0 Å². The van der Waals surface area contributed by atoms with Gasteiger partial charge in [-0.15, -0.1) is 0 Å². The highest BCUT2D eigenvalue weighted by Crippen LogP contribution is 2.40. The molecular weight excluding hydrogens is 240 g/mol. The van der Waals surface area contributed by atoms with Crippen LogP contribution in [0.4, 0.5) is 5.82 Å². The molecule has 0 radical (unpaired) electrons. The number of nitrogens with one attached hydrogen (secondary N) is 1. The molecule has 0 spiro atoms. The number of anilines is 1. The van der Waals surface area contributed by atoms with E-state index in [0.717, 1.165) is 11.4 Å². The molecule has 3 rings (SSSR count). The zero-order valence-corrected chi connectivity index (χ0v) is 11.2. The third kappa shape index (κ3) is 2.31. The quantitative estimate of drug-likeness (QED) is 0.648. The fourth-order valence-corrected chi connectivity index (χ4v) is 2.13. The summed E-state index contributed by atoms with van der Waals surface area (Å²) < 4.78 is 2.06. The average Bonchev–Trinajstić information content (AvgIpc) is 3.14. The lowest BCUT2D eigenvalue weighted by Crippen LogP contribution is -2.11. The summed E-state index contributed by atoms with van der Waals surface area (Å²) in [5, 5.41) is 0. The second-order valence-corrected chi connectivity index (χ2v) is 5.20. The standard InChI is InChI=1S/C13H18N6/c1-8(2)19-7-15-6-11(19)13-16-10(9-3-4-9)5-12(17-13)18-14/h5-9H,3-4,14H2,1-2H3,(H,16,17,18). The summed E-state index contributed by atoms with van der Waals surface area (Å²) in [6, 6.07) is 2.25. The number of hydrogen-bond donors (Lipinski definition) is 2. The minimum Gasteiger partial charge on any atom is -0.325 e. The van der Waals surface area contributed by atoms with E-state index in [1.54, 1.807) is 6.20 Å². The number of nitrogens with zero attached hydrogens (tertiary/aromatic N) is 4. The molecule has 1 aliphatic rings. The first-order chi connectivity index (χ1) is 9.19. The highest BCUT2D eigenvalue weighted by molar-refractivity contribution is 5.53. The molecule has 1 aliphatic carbocycles. The number of nitrogens with two attached hydrogens (primary N) is 1. The molecule has 0 amide bonds. The SMILES string of the molecule is CC(C)n1cncc1-c1nc(NN)cc(C2CC2)n1. The molecule has 6 heteroatoms. The largest absolute Gasteiger partial charge is 0.325 e. The van der Waals surface area contributed by atoms with Crippen LogP contribution in [0.3, 0.4) is 0 Å². The maximum Gasteiger partial charge on any atom is 0.180 e. The molecular formula is C13H18N6. The van der Waals surface area contributed by atoms with E-state index in [1.165, 1.54) is 12.8 Å². The summed E-state index contributed by atoms with van der Waals surface area (Å²) >= 11 is 0. The van der Waals surface area contributed by atoms with Crippen LogP contribution in [0.1, 0.15) is 44.3 Å². The molecule has 0 unspecified atom stereocenters. The van der Waals surface area contributed by atoms with Gasteiger partial charge in [-0.3, -0.25) is 0 Å². The van der Waals surface area contributed by atoms with Gasteiger partial charge in [0.05, 0.1) is 12.5 Å². The van der Waals surface area contributed by atoms with Crippen molar-refractivity contribution in [2.24, 2.45) is 5.84 Å². The molecule has 2 aromatic heterocycles. The Labute approximate surface area is 112 Å². The van der Waals surface area contributed by atoms with Gasteiger partial charge in [-0.05, 0) is 26.7 Å². The van der Waals surface area contributed by atoms with Gasteiger partial charge in [0.2, 0.25) is 0 Å². The summed E-state index contributed by atoms with van der Waals surface area (Å²) in [7, 11) is 0. The Balaban J connectivity index is 2.07. The molecule has 6 nitrogen and oxygen atoms in total. The maximum absolute atomic E-state index is 5.50. The van der Waals surface area contributed by atoms with Crippen LogP contribution in [0.25, 0.3) is 11.5 Å². The first kappa shape index (κ1) is 12.1. The average molecular weight is 258 g/mol. The Bertz CT molecular complexity index is 585. The minimum atomic E-state index is 0.319. The van der Waals surface area contributed by atoms with Gasteiger partial charge in [-0.2, -0.15) is 0 Å². The van der Waals surface area contributed by atoms with E-state index < -0.39 is 0 Å². The van der Waals surface area contributed by atoms with Crippen molar-refractivity contribution in [1.29, 1.82) is 0 Å². The molecule has 0 aliphatic heterocycles. The lowest BCUT2D eigenvalue weighted by molar-refractivity contribution is 0.603. The van der Waals surface area contributed by atoms with Gasteiger partial charge in [0.1, 0.15) is 11.5 Å². The van der Waals surface area contributed by atoms with E-state index in [4.69, 9.17) is 5.84 Å². The van der Waals surface area contributed by atoms with Crippen LogP contribution in [0.15, 0.2) is 18.6 Å². The second kappa shape index (κ2) is 4.62. The van der Waals surface area contributed by atoms with E-state index in [0.29, 0.717) is 23.6 Å². The van der Waals surface area contributed by atoms with Crippen molar-refractivity contribution in [3.8, 4) is 11.5 Å². The molecule has 1 saturated carbocycles.